The predicted octanol–water partition coefficient (Wildman–Crippen LogP) is 8.99. The van der Waals surface area contributed by atoms with E-state index in [1.807, 2.05) is 54.6 Å². The molecule has 0 amide bonds. The van der Waals surface area contributed by atoms with Gasteiger partial charge in [-0.3, -0.25) is 0 Å². The van der Waals surface area contributed by atoms with Crippen molar-refractivity contribution in [3.63, 3.8) is 0 Å². The van der Waals surface area contributed by atoms with E-state index in [1.54, 1.807) is 7.11 Å². The molecule has 0 aliphatic carbocycles. The van der Waals surface area contributed by atoms with Gasteiger partial charge >= 0.3 is 328 Å². The zero-order valence-electron chi connectivity index (χ0n) is 29.9. The fraction of sp³-hybridized carbons (Fsp3) is 0.217. The van der Waals surface area contributed by atoms with Crippen molar-refractivity contribution in [2.75, 3.05) is 13.3 Å². The molecule has 7 heteroatoms. The Morgan fingerprint density at radius 2 is 0.774 bits per heavy atom. The molecule has 1 saturated heterocycles. The molecule has 0 spiro atoms. The minimum absolute atomic E-state index is 0.375. The van der Waals surface area contributed by atoms with Gasteiger partial charge in [-0.1, -0.05) is 0 Å². The van der Waals surface area contributed by atoms with Gasteiger partial charge in [0.1, 0.15) is 0 Å². The summed E-state index contributed by atoms with van der Waals surface area (Å²) in [4.78, 5) is 0. The average molecular weight is 837 g/mol. The second kappa shape index (κ2) is 17.6. The first-order chi connectivity index (χ1) is 26.1. The van der Waals surface area contributed by atoms with E-state index in [-0.39, 0.29) is 0 Å². The zero-order valence-corrected chi connectivity index (χ0v) is 33.0. The van der Waals surface area contributed by atoms with Crippen molar-refractivity contribution in [3.05, 3.63) is 199 Å². The Morgan fingerprint density at radius 3 is 1.13 bits per heavy atom. The van der Waals surface area contributed by atoms with Gasteiger partial charge in [0.05, 0.1) is 0 Å². The van der Waals surface area contributed by atoms with E-state index >= 15 is 0 Å². The summed E-state index contributed by atoms with van der Waals surface area (Å²) >= 11 is 2.83. The topological polar surface area (TPSA) is 46.2 Å². The van der Waals surface area contributed by atoms with Crippen LogP contribution in [0.2, 0.25) is 0 Å². The van der Waals surface area contributed by atoms with E-state index in [2.05, 4.69) is 149 Å². The van der Waals surface area contributed by atoms with Gasteiger partial charge in [0.2, 0.25) is 0 Å². The second-order valence-corrected chi connectivity index (χ2v) is 24.1. The van der Waals surface area contributed by atoms with Crippen LogP contribution in [-0.4, -0.2) is 44.0 Å². The summed E-state index contributed by atoms with van der Waals surface area (Å²) in [7, 11) is 1.69. The summed E-state index contributed by atoms with van der Waals surface area (Å²) in [6.45, 7) is 1.15. The Hall–Kier alpha value is -3.72. The van der Waals surface area contributed by atoms with Crippen LogP contribution >= 0.6 is 26.3 Å². The van der Waals surface area contributed by atoms with Crippen LogP contribution in [0.4, 0.5) is 0 Å². The number of hydrogen-bond donors (Lipinski definition) is 0. The molecule has 272 valence electrons. The van der Waals surface area contributed by atoms with Crippen molar-refractivity contribution < 1.29 is 23.7 Å². The molecule has 0 saturated carbocycles. The third-order valence-corrected chi connectivity index (χ3v) is 21.5. The maximum absolute atomic E-state index is 7.18. The molecule has 0 radical (unpaired) electrons. The second-order valence-electron chi connectivity index (χ2n) is 13.4. The van der Waals surface area contributed by atoms with Gasteiger partial charge in [-0.2, -0.15) is 0 Å². The molecule has 1 aliphatic rings. The number of methoxy groups -OCH3 is 1. The Labute approximate surface area is 326 Å². The Kier molecular flexibility index (Phi) is 12.5. The van der Waals surface area contributed by atoms with E-state index < -0.39 is 35.0 Å². The first-order valence-corrected chi connectivity index (χ1v) is 23.3. The van der Waals surface area contributed by atoms with E-state index in [4.69, 9.17) is 23.7 Å². The Balaban J connectivity index is 1.36. The molecule has 0 unspecified atom stereocenters. The minimum atomic E-state index is -3.33. The van der Waals surface area contributed by atoms with Gasteiger partial charge in [-0.25, -0.2) is 0 Å². The summed E-state index contributed by atoms with van der Waals surface area (Å²) in [5.41, 5.74) is 3.20. The number of rotatable bonds is 15. The van der Waals surface area contributed by atoms with Crippen LogP contribution in [0.3, 0.4) is 0 Å². The van der Waals surface area contributed by atoms with Crippen LogP contribution < -0.4 is 15.9 Å². The van der Waals surface area contributed by atoms with Crippen LogP contribution in [-0.2, 0) is 43.5 Å². The SMILES string of the molecule is CO[C@H]1O[C@H](CP(I)(c2ccccc2)(c2ccccc2)c2ccccc2)[C@@H](OCc2ccccc2)[C@H](OCc2ccccc2)[C@H]1OCc1ccccc1. The molecule has 53 heavy (non-hydrogen) atoms. The molecular formula is C46H46IO5P. The summed E-state index contributed by atoms with van der Waals surface area (Å²) in [5.74, 6) is 0. The summed E-state index contributed by atoms with van der Waals surface area (Å²) in [5, 5.41) is 3.79. The Bertz CT molecular complexity index is 1870. The van der Waals surface area contributed by atoms with Crippen LogP contribution in [0.25, 0.3) is 0 Å². The number of halogens is 1. The molecule has 1 fully saturated rings. The number of ether oxygens (including phenoxy) is 5. The number of hydrogen-bond acceptors (Lipinski definition) is 5. The van der Waals surface area contributed by atoms with Crippen molar-refractivity contribution in [1.29, 1.82) is 0 Å². The van der Waals surface area contributed by atoms with Crippen LogP contribution in [0.1, 0.15) is 16.7 Å². The van der Waals surface area contributed by atoms with Crippen molar-refractivity contribution in [3.8, 4) is 0 Å². The average Bonchev–Trinajstić information content (AvgIpc) is 3.24. The van der Waals surface area contributed by atoms with Gasteiger partial charge in [0, 0.05) is 0 Å². The van der Waals surface area contributed by atoms with Crippen LogP contribution in [0.5, 0.6) is 0 Å². The van der Waals surface area contributed by atoms with E-state index in [0.717, 1.165) is 16.7 Å². The fourth-order valence-electron chi connectivity index (χ4n) is 7.40. The molecule has 0 bridgehead atoms. The fourth-order valence-corrected chi connectivity index (χ4v) is 16.3. The van der Waals surface area contributed by atoms with E-state index in [0.29, 0.717) is 26.0 Å². The third-order valence-electron chi connectivity index (χ3n) is 10.1. The van der Waals surface area contributed by atoms with Crippen molar-refractivity contribution >= 4 is 42.2 Å². The van der Waals surface area contributed by atoms with Gasteiger partial charge in [0.25, 0.3) is 0 Å². The summed E-state index contributed by atoms with van der Waals surface area (Å²) < 4.78 is 30.9. The van der Waals surface area contributed by atoms with E-state index in [9.17, 15) is 0 Å². The molecule has 6 aromatic carbocycles. The van der Waals surface area contributed by atoms with Crippen LogP contribution in [0.15, 0.2) is 182 Å². The summed E-state index contributed by atoms with van der Waals surface area (Å²) in [6.07, 6.45) is -2.14. The molecular weight excluding hydrogens is 790 g/mol. The Morgan fingerprint density at radius 1 is 0.453 bits per heavy atom. The van der Waals surface area contributed by atoms with Gasteiger partial charge in [0.15, 0.2) is 0 Å². The molecule has 5 atom stereocenters. The predicted molar refractivity (Wildman–Crippen MR) is 225 cm³/mol. The monoisotopic (exact) mass is 836 g/mol. The molecule has 6 aromatic rings. The van der Waals surface area contributed by atoms with Gasteiger partial charge < -0.3 is 0 Å². The molecule has 0 aromatic heterocycles. The van der Waals surface area contributed by atoms with Crippen molar-refractivity contribution in [2.45, 2.75) is 50.5 Å². The van der Waals surface area contributed by atoms with Crippen LogP contribution in [0, 0.1) is 0 Å². The zero-order chi connectivity index (χ0) is 36.4. The van der Waals surface area contributed by atoms with Crippen molar-refractivity contribution in [2.24, 2.45) is 0 Å². The van der Waals surface area contributed by atoms with E-state index in [1.165, 1.54) is 15.9 Å². The third kappa shape index (κ3) is 8.35. The first-order valence-electron chi connectivity index (χ1n) is 18.1. The summed E-state index contributed by atoms with van der Waals surface area (Å²) in [6, 6.07) is 63.5. The normalized spacial score (nSPS) is 21.0. The van der Waals surface area contributed by atoms with Crippen molar-refractivity contribution in [1.82, 2.24) is 0 Å². The number of benzene rings is 6. The molecule has 0 N–H and O–H groups in total. The first kappa shape index (κ1) is 37.6. The maximum atomic E-state index is 7.18. The molecule has 7 rings (SSSR count). The molecule has 5 nitrogen and oxygen atoms in total. The van der Waals surface area contributed by atoms with Gasteiger partial charge in [-0.05, 0) is 0 Å². The molecule has 1 aliphatic heterocycles. The molecule has 1 heterocycles. The standard InChI is InChI=1S/C46H46IO5P/c1-48-46-45(51-34-38-24-12-4-13-25-38)44(50-33-37-22-10-3-11-23-37)43(49-32-36-20-8-2-9-21-36)42(52-46)35-53(47,39-26-14-5-15-27-39,40-28-16-6-17-29-40)41-30-18-7-19-31-41/h2-31,42-46H,32-35H2,1H3/t42-,43-,44+,45-,46+/m1/s1. The van der Waals surface area contributed by atoms with Gasteiger partial charge in [-0.15, -0.1) is 0 Å². The quantitative estimate of drug-likeness (QED) is 0.0764.